The zero-order valence-electron chi connectivity index (χ0n) is 10.9. The van der Waals surface area contributed by atoms with E-state index in [1.807, 2.05) is 19.1 Å². The van der Waals surface area contributed by atoms with Crippen molar-refractivity contribution in [1.82, 2.24) is 15.5 Å². The van der Waals surface area contributed by atoms with Crippen LogP contribution in [0.2, 0.25) is 0 Å². The van der Waals surface area contributed by atoms with Crippen molar-refractivity contribution in [2.75, 3.05) is 0 Å². The first kappa shape index (κ1) is 12.2. The Morgan fingerprint density at radius 1 is 1.53 bits per heavy atom. The molecule has 0 aromatic carbocycles. The predicted octanol–water partition coefficient (Wildman–Crippen LogP) is 1.84. The highest BCUT2D eigenvalue weighted by Crippen LogP contribution is 2.27. The lowest BCUT2D eigenvalue weighted by Crippen LogP contribution is -2.27. The van der Waals surface area contributed by atoms with Crippen LogP contribution in [0.5, 0.6) is 0 Å². The summed E-state index contributed by atoms with van der Waals surface area (Å²) in [5.74, 6) is 0.824. The number of nitrogens with one attached hydrogen (secondary N) is 2. The van der Waals surface area contributed by atoms with Gasteiger partial charge in [0.15, 0.2) is 0 Å². The summed E-state index contributed by atoms with van der Waals surface area (Å²) in [6, 6.07) is 5.74. The molecular formula is C14H17N3O2. The summed E-state index contributed by atoms with van der Waals surface area (Å²) in [6.45, 7) is 2.57. The van der Waals surface area contributed by atoms with Gasteiger partial charge in [0.2, 0.25) is 5.56 Å². The maximum Gasteiger partial charge on any atom is 0.248 e. The average Bonchev–Trinajstić information content (AvgIpc) is 2.81. The molecule has 0 amide bonds. The van der Waals surface area contributed by atoms with Gasteiger partial charge >= 0.3 is 0 Å². The number of rotatable bonds is 3. The number of hydrogen-bond donors (Lipinski definition) is 2. The Kier molecular flexibility index (Phi) is 3.21. The Bertz CT molecular complexity index is 630. The van der Waals surface area contributed by atoms with Gasteiger partial charge in [0.25, 0.3) is 0 Å². The Labute approximate surface area is 111 Å². The van der Waals surface area contributed by atoms with E-state index >= 15 is 0 Å². The average molecular weight is 259 g/mol. The van der Waals surface area contributed by atoms with Crippen molar-refractivity contribution in [3.63, 3.8) is 0 Å². The van der Waals surface area contributed by atoms with Crippen LogP contribution in [-0.4, -0.2) is 10.1 Å². The van der Waals surface area contributed by atoms with Gasteiger partial charge in [-0.2, -0.15) is 0 Å². The van der Waals surface area contributed by atoms with Gasteiger partial charge in [-0.05, 0) is 31.7 Å². The van der Waals surface area contributed by atoms with Crippen molar-refractivity contribution in [2.45, 2.75) is 38.8 Å². The van der Waals surface area contributed by atoms with E-state index in [0.29, 0.717) is 6.54 Å². The molecule has 0 saturated carbocycles. The summed E-state index contributed by atoms with van der Waals surface area (Å²) >= 11 is 0. The number of nitrogens with zero attached hydrogens (tertiary/aromatic N) is 1. The molecule has 0 aliphatic heterocycles. The predicted molar refractivity (Wildman–Crippen MR) is 70.8 cm³/mol. The van der Waals surface area contributed by atoms with Gasteiger partial charge in [-0.15, -0.1) is 0 Å². The lowest BCUT2D eigenvalue weighted by molar-refractivity contribution is 0.381. The van der Waals surface area contributed by atoms with Crippen LogP contribution in [0, 0.1) is 6.92 Å². The van der Waals surface area contributed by atoms with Crippen LogP contribution in [0.3, 0.4) is 0 Å². The maximum atomic E-state index is 11.3. The highest BCUT2D eigenvalue weighted by molar-refractivity contribution is 5.26. The number of hydrogen-bond acceptors (Lipinski definition) is 4. The van der Waals surface area contributed by atoms with Gasteiger partial charge in [-0.1, -0.05) is 11.2 Å². The van der Waals surface area contributed by atoms with Gasteiger partial charge in [-0.3, -0.25) is 4.79 Å². The van der Waals surface area contributed by atoms with Crippen molar-refractivity contribution < 1.29 is 4.52 Å². The molecule has 0 fully saturated rings. The Balaban J connectivity index is 1.75. The minimum absolute atomic E-state index is 0.0217. The fourth-order valence-electron chi connectivity index (χ4n) is 2.64. The second kappa shape index (κ2) is 5.01. The van der Waals surface area contributed by atoms with E-state index in [0.717, 1.165) is 36.4 Å². The summed E-state index contributed by atoms with van der Waals surface area (Å²) in [5.41, 5.74) is 3.15. The molecule has 2 aromatic heterocycles. The standard InChI is InChI=1S/C14H17N3O2/c1-9-7-10(17-19-9)8-15-12-3-2-4-13-11(12)5-6-14(18)16-13/h5-7,12,15H,2-4,8H2,1H3,(H,16,18). The Hall–Kier alpha value is -1.88. The second-order valence-electron chi connectivity index (χ2n) is 5.01. The first-order valence-corrected chi connectivity index (χ1v) is 6.60. The number of H-pyrrole nitrogens is 1. The molecule has 5 heteroatoms. The summed E-state index contributed by atoms with van der Waals surface area (Å²) < 4.78 is 5.05. The maximum absolute atomic E-state index is 11.3. The van der Waals surface area contributed by atoms with E-state index in [-0.39, 0.29) is 11.6 Å². The van der Waals surface area contributed by atoms with Crippen LogP contribution in [-0.2, 0) is 13.0 Å². The molecule has 100 valence electrons. The molecule has 2 heterocycles. The summed E-state index contributed by atoms with van der Waals surface area (Å²) in [4.78, 5) is 14.3. The Morgan fingerprint density at radius 2 is 2.42 bits per heavy atom. The first-order chi connectivity index (χ1) is 9.22. The molecule has 2 aromatic rings. The van der Waals surface area contributed by atoms with Gasteiger partial charge in [0.05, 0.1) is 5.69 Å². The third-order valence-corrected chi connectivity index (χ3v) is 3.54. The zero-order chi connectivity index (χ0) is 13.2. The summed E-state index contributed by atoms with van der Waals surface area (Å²) in [7, 11) is 0. The van der Waals surface area contributed by atoms with Crippen LogP contribution in [0.15, 0.2) is 27.5 Å². The van der Waals surface area contributed by atoms with Crippen LogP contribution in [0.25, 0.3) is 0 Å². The van der Waals surface area contributed by atoms with Crippen molar-refractivity contribution in [2.24, 2.45) is 0 Å². The Morgan fingerprint density at radius 3 is 3.21 bits per heavy atom. The number of aromatic amines is 1. The van der Waals surface area contributed by atoms with Crippen molar-refractivity contribution in [3.8, 4) is 0 Å². The normalized spacial score (nSPS) is 18.3. The summed E-state index contributed by atoms with van der Waals surface area (Å²) in [6.07, 6.45) is 3.12. The smallest absolute Gasteiger partial charge is 0.248 e. The van der Waals surface area contributed by atoms with Crippen molar-refractivity contribution >= 4 is 0 Å². The van der Waals surface area contributed by atoms with E-state index in [2.05, 4.69) is 15.5 Å². The number of fused-ring (bicyclic) bond motifs is 1. The molecule has 0 saturated heterocycles. The second-order valence-corrected chi connectivity index (χ2v) is 5.01. The zero-order valence-corrected chi connectivity index (χ0v) is 10.9. The molecule has 0 radical (unpaired) electrons. The number of pyridine rings is 1. The molecule has 1 unspecified atom stereocenters. The van der Waals surface area contributed by atoms with Crippen LogP contribution < -0.4 is 10.9 Å². The van der Waals surface area contributed by atoms with Crippen molar-refractivity contribution in [1.29, 1.82) is 0 Å². The fourth-order valence-corrected chi connectivity index (χ4v) is 2.64. The molecule has 19 heavy (non-hydrogen) atoms. The number of aromatic nitrogens is 2. The molecule has 0 spiro atoms. The molecule has 5 nitrogen and oxygen atoms in total. The monoisotopic (exact) mass is 259 g/mol. The van der Waals surface area contributed by atoms with Gasteiger partial charge in [0, 0.05) is 30.4 Å². The third-order valence-electron chi connectivity index (χ3n) is 3.54. The molecule has 1 atom stereocenters. The number of aryl methyl sites for hydroxylation is 2. The van der Waals surface area contributed by atoms with E-state index in [4.69, 9.17) is 4.52 Å². The minimum atomic E-state index is -0.0217. The molecule has 3 rings (SSSR count). The lowest BCUT2D eigenvalue weighted by atomic mass is 9.91. The molecule has 0 bridgehead atoms. The lowest BCUT2D eigenvalue weighted by Gasteiger charge is -2.25. The van der Waals surface area contributed by atoms with E-state index in [9.17, 15) is 4.79 Å². The van der Waals surface area contributed by atoms with Gasteiger partial charge < -0.3 is 14.8 Å². The molecular weight excluding hydrogens is 242 g/mol. The highest BCUT2D eigenvalue weighted by Gasteiger charge is 2.20. The van der Waals surface area contributed by atoms with E-state index < -0.39 is 0 Å². The first-order valence-electron chi connectivity index (χ1n) is 6.60. The van der Waals surface area contributed by atoms with E-state index in [1.54, 1.807) is 6.07 Å². The minimum Gasteiger partial charge on any atom is -0.361 e. The molecule has 1 aliphatic carbocycles. The van der Waals surface area contributed by atoms with Crippen LogP contribution >= 0.6 is 0 Å². The fraction of sp³-hybridized carbons (Fsp3) is 0.429. The highest BCUT2D eigenvalue weighted by atomic mass is 16.5. The van der Waals surface area contributed by atoms with Crippen LogP contribution in [0.1, 0.15) is 41.6 Å². The molecule has 2 N–H and O–H groups in total. The van der Waals surface area contributed by atoms with Gasteiger partial charge in [0.1, 0.15) is 5.76 Å². The quantitative estimate of drug-likeness (QED) is 0.882. The summed E-state index contributed by atoms with van der Waals surface area (Å²) in [5, 5.41) is 7.46. The van der Waals surface area contributed by atoms with E-state index in [1.165, 1.54) is 5.56 Å². The largest absolute Gasteiger partial charge is 0.361 e. The third kappa shape index (κ3) is 2.61. The topological polar surface area (TPSA) is 70.9 Å². The SMILES string of the molecule is Cc1cc(CNC2CCCc3[nH]c(=O)ccc32)no1. The van der Waals surface area contributed by atoms with Crippen LogP contribution in [0.4, 0.5) is 0 Å². The van der Waals surface area contributed by atoms with Gasteiger partial charge in [-0.25, -0.2) is 0 Å². The van der Waals surface area contributed by atoms with Crippen molar-refractivity contribution in [3.05, 3.63) is 51.3 Å². The molecule has 1 aliphatic rings.